The first-order valence-corrected chi connectivity index (χ1v) is 5.19. The van der Waals surface area contributed by atoms with Crippen molar-refractivity contribution in [3.63, 3.8) is 0 Å². The fraction of sp³-hybridized carbons (Fsp3) is 0.417. The topological polar surface area (TPSA) is 60.3 Å². The molecule has 1 unspecified atom stereocenters. The summed E-state index contributed by atoms with van der Waals surface area (Å²) < 4.78 is 15.9. The first-order chi connectivity index (χ1) is 8.10. The van der Waals surface area contributed by atoms with Crippen molar-refractivity contribution in [2.45, 2.75) is 20.0 Å². The number of oxime groups is 1. The van der Waals surface area contributed by atoms with Crippen LogP contribution in [0.1, 0.15) is 13.8 Å². The van der Waals surface area contributed by atoms with Crippen molar-refractivity contribution in [1.29, 1.82) is 0 Å². The Kier molecular flexibility index (Phi) is 4.63. The third-order valence-corrected chi connectivity index (χ3v) is 2.38. The molecule has 1 N–H and O–H groups in total. The lowest BCUT2D eigenvalue weighted by atomic mass is 10.2. The van der Waals surface area contributed by atoms with Gasteiger partial charge in [0.05, 0.1) is 19.9 Å². The Morgan fingerprint density at radius 1 is 1.12 bits per heavy atom. The van der Waals surface area contributed by atoms with Gasteiger partial charge in [0.15, 0.2) is 0 Å². The molecule has 0 aromatic heterocycles. The summed E-state index contributed by atoms with van der Waals surface area (Å²) in [7, 11) is 3.14. The summed E-state index contributed by atoms with van der Waals surface area (Å²) in [6.45, 7) is 3.48. The average molecular weight is 239 g/mol. The van der Waals surface area contributed by atoms with Gasteiger partial charge in [-0.15, -0.1) is 0 Å². The molecule has 0 radical (unpaired) electrons. The van der Waals surface area contributed by atoms with Gasteiger partial charge in [0.25, 0.3) is 0 Å². The molecule has 0 amide bonds. The third kappa shape index (κ3) is 3.55. The van der Waals surface area contributed by atoms with Gasteiger partial charge in [-0.25, -0.2) is 0 Å². The number of benzene rings is 1. The van der Waals surface area contributed by atoms with Gasteiger partial charge >= 0.3 is 0 Å². The van der Waals surface area contributed by atoms with E-state index in [1.807, 2.05) is 0 Å². The van der Waals surface area contributed by atoms with Crippen molar-refractivity contribution < 1.29 is 19.4 Å². The van der Waals surface area contributed by atoms with Crippen molar-refractivity contribution in [3.05, 3.63) is 18.2 Å². The summed E-state index contributed by atoms with van der Waals surface area (Å²) in [5, 5.41) is 11.7. The quantitative estimate of drug-likeness (QED) is 0.486. The number of hydrogen-bond acceptors (Lipinski definition) is 5. The lowest BCUT2D eigenvalue weighted by Crippen LogP contribution is -2.21. The first-order valence-electron chi connectivity index (χ1n) is 5.19. The molecule has 1 rings (SSSR count). The van der Waals surface area contributed by atoms with Crippen molar-refractivity contribution >= 4 is 5.71 Å². The molecule has 17 heavy (non-hydrogen) atoms. The minimum Gasteiger partial charge on any atom is -0.496 e. The number of methoxy groups -OCH3 is 2. The monoisotopic (exact) mass is 239 g/mol. The molecular formula is C12H17NO4. The summed E-state index contributed by atoms with van der Waals surface area (Å²) >= 11 is 0. The maximum atomic E-state index is 8.64. The fourth-order valence-electron chi connectivity index (χ4n) is 1.22. The van der Waals surface area contributed by atoms with E-state index in [2.05, 4.69) is 5.16 Å². The van der Waals surface area contributed by atoms with Crippen LogP contribution in [0.3, 0.4) is 0 Å². The van der Waals surface area contributed by atoms with Crippen molar-refractivity contribution in [2.24, 2.45) is 5.16 Å². The molecule has 0 aliphatic heterocycles. The Morgan fingerprint density at radius 2 is 1.59 bits per heavy atom. The van der Waals surface area contributed by atoms with Gasteiger partial charge in [0.2, 0.25) is 0 Å². The normalized spacial score (nSPS) is 13.1. The Morgan fingerprint density at radius 3 is 2.00 bits per heavy atom. The molecule has 1 aromatic rings. The minimum atomic E-state index is -0.322. The molecule has 0 fully saturated rings. The molecule has 1 aromatic carbocycles. The Balaban J connectivity index is 2.90. The van der Waals surface area contributed by atoms with Crippen LogP contribution < -0.4 is 14.2 Å². The zero-order valence-electron chi connectivity index (χ0n) is 10.4. The molecule has 5 nitrogen and oxygen atoms in total. The Hall–Kier alpha value is -1.91. The van der Waals surface area contributed by atoms with Gasteiger partial charge in [-0.05, 0) is 13.8 Å². The van der Waals surface area contributed by atoms with Gasteiger partial charge in [-0.3, -0.25) is 0 Å². The number of rotatable bonds is 5. The second-order valence-corrected chi connectivity index (χ2v) is 3.55. The molecule has 0 heterocycles. The molecule has 0 bridgehead atoms. The molecule has 0 spiro atoms. The van der Waals surface area contributed by atoms with Crippen LogP contribution in [-0.4, -0.2) is 31.2 Å². The molecule has 0 saturated heterocycles. The molecule has 0 aliphatic rings. The van der Waals surface area contributed by atoms with E-state index in [-0.39, 0.29) is 6.10 Å². The van der Waals surface area contributed by atoms with E-state index in [1.54, 1.807) is 46.3 Å². The van der Waals surface area contributed by atoms with E-state index in [0.717, 1.165) is 0 Å². The van der Waals surface area contributed by atoms with Crippen LogP contribution in [-0.2, 0) is 0 Å². The predicted octanol–water partition coefficient (Wildman–Crippen LogP) is 2.32. The predicted molar refractivity (Wildman–Crippen MR) is 64.5 cm³/mol. The summed E-state index contributed by atoms with van der Waals surface area (Å²) in [5.74, 6) is 1.88. The smallest absolute Gasteiger partial charge is 0.137 e. The van der Waals surface area contributed by atoms with E-state index in [4.69, 9.17) is 19.4 Å². The van der Waals surface area contributed by atoms with Gasteiger partial charge in [0.1, 0.15) is 23.4 Å². The van der Waals surface area contributed by atoms with Crippen molar-refractivity contribution in [2.75, 3.05) is 14.2 Å². The van der Waals surface area contributed by atoms with E-state index < -0.39 is 0 Å². The average Bonchev–Trinajstić information content (AvgIpc) is 2.36. The Labute approximate surface area is 101 Å². The van der Waals surface area contributed by atoms with Crippen LogP contribution in [0.25, 0.3) is 0 Å². The highest BCUT2D eigenvalue weighted by Gasteiger charge is 2.10. The zero-order valence-corrected chi connectivity index (χ0v) is 10.4. The van der Waals surface area contributed by atoms with Gasteiger partial charge in [-0.2, -0.15) is 0 Å². The van der Waals surface area contributed by atoms with Gasteiger partial charge in [0, 0.05) is 18.2 Å². The van der Waals surface area contributed by atoms with E-state index in [1.165, 1.54) is 0 Å². The van der Waals surface area contributed by atoms with Crippen LogP contribution in [0.5, 0.6) is 17.2 Å². The molecule has 94 valence electrons. The van der Waals surface area contributed by atoms with Crippen molar-refractivity contribution in [3.8, 4) is 17.2 Å². The molecule has 0 aliphatic carbocycles. The highest BCUT2D eigenvalue weighted by molar-refractivity contribution is 5.85. The van der Waals surface area contributed by atoms with E-state index in [9.17, 15) is 0 Å². The van der Waals surface area contributed by atoms with Crippen LogP contribution in [0.4, 0.5) is 0 Å². The maximum absolute atomic E-state index is 8.64. The van der Waals surface area contributed by atoms with Gasteiger partial charge in [-0.1, -0.05) is 5.16 Å². The van der Waals surface area contributed by atoms with Crippen molar-refractivity contribution in [1.82, 2.24) is 0 Å². The second-order valence-electron chi connectivity index (χ2n) is 3.55. The molecular weight excluding hydrogens is 222 g/mol. The molecule has 5 heteroatoms. The first kappa shape index (κ1) is 13.2. The van der Waals surface area contributed by atoms with Crippen LogP contribution in [0.15, 0.2) is 23.4 Å². The highest BCUT2D eigenvalue weighted by Crippen LogP contribution is 2.28. The highest BCUT2D eigenvalue weighted by atomic mass is 16.5. The van der Waals surface area contributed by atoms with Gasteiger partial charge < -0.3 is 19.4 Å². The summed E-state index contributed by atoms with van der Waals surface area (Å²) in [6.07, 6.45) is -0.322. The van der Waals surface area contributed by atoms with E-state index in [0.29, 0.717) is 23.0 Å². The lowest BCUT2D eigenvalue weighted by molar-refractivity contribution is 0.264. The summed E-state index contributed by atoms with van der Waals surface area (Å²) in [5.41, 5.74) is 0.492. The molecule has 1 atom stereocenters. The van der Waals surface area contributed by atoms with E-state index >= 15 is 0 Å². The fourth-order valence-corrected chi connectivity index (χ4v) is 1.22. The largest absolute Gasteiger partial charge is 0.496 e. The second kappa shape index (κ2) is 5.98. The number of nitrogens with zero attached hydrogens (tertiary/aromatic N) is 1. The number of hydrogen-bond donors (Lipinski definition) is 1. The zero-order chi connectivity index (χ0) is 12.8. The molecule has 0 saturated carbocycles. The van der Waals surface area contributed by atoms with Crippen LogP contribution >= 0.6 is 0 Å². The SMILES string of the molecule is COc1cc(OC)cc(OC(C)C(C)=NO)c1. The standard InChI is InChI=1S/C12H17NO4/c1-8(13-14)9(2)17-12-6-10(15-3)5-11(7-12)16-4/h5-7,9,14H,1-4H3. The lowest BCUT2D eigenvalue weighted by Gasteiger charge is -2.15. The maximum Gasteiger partial charge on any atom is 0.137 e. The minimum absolute atomic E-state index is 0.322. The summed E-state index contributed by atoms with van der Waals surface area (Å²) in [6, 6.07) is 5.23. The van der Waals surface area contributed by atoms with Crippen LogP contribution in [0.2, 0.25) is 0 Å². The Bertz CT molecular complexity index is 381. The number of ether oxygens (including phenoxy) is 3. The van der Waals surface area contributed by atoms with Crippen LogP contribution in [0, 0.1) is 0 Å². The third-order valence-electron chi connectivity index (χ3n) is 2.38. The summed E-state index contributed by atoms with van der Waals surface area (Å²) in [4.78, 5) is 0.